The molecule has 25 heavy (non-hydrogen) atoms. The molecule has 0 aromatic heterocycles. The lowest BCUT2D eigenvalue weighted by atomic mass is 10.1. The van der Waals surface area contributed by atoms with E-state index in [1.807, 2.05) is 18.2 Å². The van der Waals surface area contributed by atoms with Gasteiger partial charge in [-0.05, 0) is 87.4 Å². The van der Waals surface area contributed by atoms with Crippen molar-refractivity contribution in [2.45, 2.75) is 6.92 Å². The molecule has 0 unspecified atom stereocenters. The molecule has 2 N–H and O–H groups in total. The smallest absolute Gasteiger partial charge is 0.266 e. The molecule has 5 nitrogen and oxygen atoms in total. The van der Waals surface area contributed by atoms with Gasteiger partial charge in [0.2, 0.25) is 0 Å². The monoisotopic (exact) mass is 512 g/mol. The lowest BCUT2D eigenvalue weighted by Crippen LogP contribution is -2.13. The van der Waals surface area contributed by atoms with Crippen LogP contribution in [-0.2, 0) is 4.79 Å². The number of aromatic hydroxyl groups is 1. The molecule has 0 heterocycles. The first-order chi connectivity index (χ1) is 11.9. The number of hydrogen-bond acceptors (Lipinski definition) is 4. The zero-order chi connectivity index (χ0) is 18.4. The summed E-state index contributed by atoms with van der Waals surface area (Å²) in [7, 11) is 0. The normalized spacial score (nSPS) is 10.9. The molecule has 0 saturated heterocycles. The Labute approximate surface area is 167 Å². The Balaban J connectivity index is 2.30. The number of rotatable bonds is 5. The van der Waals surface area contributed by atoms with Crippen molar-refractivity contribution in [3.05, 3.63) is 55.6 Å². The van der Waals surface area contributed by atoms with E-state index in [1.165, 1.54) is 6.08 Å². The molecule has 0 aliphatic rings. The number of halogens is 2. The summed E-state index contributed by atoms with van der Waals surface area (Å²) in [6, 6.07) is 12.3. The molecule has 1 amide bonds. The van der Waals surface area contributed by atoms with Crippen molar-refractivity contribution in [2.24, 2.45) is 0 Å². The first-order valence-electron chi connectivity index (χ1n) is 7.28. The van der Waals surface area contributed by atoms with Crippen LogP contribution in [0.1, 0.15) is 12.5 Å². The zero-order valence-corrected chi connectivity index (χ0v) is 17.0. The van der Waals surface area contributed by atoms with Crippen LogP contribution in [0.5, 0.6) is 11.5 Å². The fourth-order valence-corrected chi connectivity index (χ4v) is 3.03. The van der Waals surface area contributed by atoms with Crippen LogP contribution in [-0.4, -0.2) is 17.6 Å². The number of carbonyl (C=O) groups excluding carboxylic acids is 1. The zero-order valence-electron chi connectivity index (χ0n) is 13.2. The van der Waals surface area contributed by atoms with Gasteiger partial charge in [-0.1, -0.05) is 6.07 Å². The summed E-state index contributed by atoms with van der Waals surface area (Å²) >= 11 is 5.38. The standard InChI is InChI=1S/C18H14BrIN2O3/c1-2-25-16-8-11(7-15(19)17(16)23)6-12(10-21)18(24)22-14-5-3-4-13(20)9-14/h3-9,23H,2H2,1H3,(H,22,24)/b12-6+. The lowest BCUT2D eigenvalue weighted by molar-refractivity contribution is -0.112. The maximum absolute atomic E-state index is 12.3. The number of nitrogens with one attached hydrogen (secondary N) is 1. The molecule has 0 bridgehead atoms. The molecule has 0 aliphatic carbocycles. The number of phenolic OH excluding ortho intramolecular Hbond substituents is 1. The van der Waals surface area contributed by atoms with E-state index in [0.29, 0.717) is 22.3 Å². The van der Waals surface area contributed by atoms with Gasteiger partial charge in [0, 0.05) is 9.26 Å². The van der Waals surface area contributed by atoms with Crippen LogP contribution >= 0.6 is 38.5 Å². The summed E-state index contributed by atoms with van der Waals surface area (Å²) < 4.78 is 6.74. The minimum absolute atomic E-state index is 0.0270. The van der Waals surface area contributed by atoms with Crippen LogP contribution in [0.4, 0.5) is 5.69 Å². The van der Waals surface area contributed by atoms with Gasteiger partial charge in [-0.15, -0.1) is 0 Å². The Kier molecular flexibility index (Phi) is 6.84. The lowest BCUT2D eigenvalue weighted by Gasteiger charge is -2.09. The minimum Gasteiger partial charge on any atom is -0.503 e. The third kappa shape index (κ3) is 5.21. The summed E-state index contributed by atoms with van der Waals surface area (Å²) in [4.78, 5) is 12.3. The highest BCUT2D eigenvalue weighted by molar-refractivity contribution is 14.1. The maximum atomic E-state index is 12.3. The van der Waals surface area contributed by atoms with Gasteiger partial charge in [-0.2, -0.15) is 5.26 Å². The van der Waals surface area contributed by atoms with Gasteiger partial charge < -0.3 is 15.2 Å². The van der Waals surface area contributed by atoms with Crippen molar-refractivity contribution in [3.63, 3.8) is 0 Å². The molecular weight excluding hydrogens is 499 g/mol. The van der Waals surface area contributed by atoms with Crippen LogP contribution in [0.15, 0.2) is 46.4 Å². The fourth-order valence-electron chi connectivity index (χ4n) is 2.02. The maximum Gasteiger partial charge on any atom is 0.266 e. The molecule has 2 aromatic rings. The predicted octanol–water partition coefficient (Wildman–Crippen LogP) is 4.70. The van der Waals surface area contributed by atoms with E-state index in [4.69, 9.17) is 4.74 Å². The Morgan fingerprint density at radius 1 is 1.44 bits per heavy atom. The van der Waals surface area contributed by atoms with E-state index in [0.717, 1.165) is 3.57 Å². The number of carbonyl (C=O) groups is 1. The number of hydrogen-bond donors (Lipinski definition) is 2. The number of nitriles is 1. The first kappa shape index (κ1) is 19.3. The largest absolute Gasteiger partial charge is 0.503 e. The van der Waals surface area contributed by atoms with Crippen molar-refractivity contribution in [1.82, 2.24) is 0 Å². The Morgan fingerprint density at radius 2 is 2.20 bits per heavy atom. The average molecular weight is 513 g/mol. The van der Waals surface area contributed by atoms with Crippen LogP contribution in [0, 0.1) is 14.9 Å². The number of amides is 1. The Bertz CT molecular complexity index is 875. The third-order valence-corrected chi connectivity index (χ3v) is 4.38. The number of anilines is 1. The summed E-state index contributed by atoms with van der Waals surface area (Å²) in [5, 5.41) is 21.9. The molecule has 0 aliphatic heterocycles. The van der Waals surface area contributed by atoms with E-state index in [1.54, 1.807) is 31.2 Å². The van der Waals surface area contributed by atoms with Gasteiger partial charge >= 0.3 is 0 Å². The highest BCUT2D eigenvalue weighted by Crippen LogP contribution is 2.36. The van der Waals surface area contributed by atoms with E-state index in [9.17, 15) is 15.2 Å². The second-order valence-corrected chi connectivity index (χ2v) is 7.02. The summed E-state index contributed by atoms with van der Waals surface area (Å²) in [6.07, 6.45) is 1.44. The van der Waals surface area contributed by atoms with Crippen LogP contribution in [0.2, 0.25) is 0 Å². The van der Waals surface area contributed by atoms with Crippen molar-refractivity contribution >= 4 is 56.2 Å². The van der Waals surface area contributed by atoms with E-state index >= 15 is 0 Å². The van der Waals surface area contributed by atoms with Crippen molar-refractivity contribution in [1.29, 1.82) is 5.26 Å². The topological polar surface area (TPSA) is 82.3 Å². The van der Waals surface area contributed by atoms with Gasteiger partial charge in [0.1, 0.15) is 11.6 Å². The van der Waals surface area contributed by atoms with E-state index in [2.05, 4.69) is 43.8 Å². The highest BCUT2D eigenvalue weighted by Gasteiger charge is 2.13. The molecule has 128 valence electrons. The van der Waals surface area contributed by atoms with E-state index < -0.39 is 5.91 Å². The summed E-state index contributed by atoms with van der Waals surface area (Å²) in [5.74, 6) is -0.258. The molecule has 2 rings (SSSR count). The first-order valence-corrected chi connectivity index (χ1v) is 9.15. The molecule has 0 radical (unpaired) electrons. The van der Waals surface area contributed by atoms with Gasteiger partial charge in [0.15, 0.2) is 11.5 Å². The van der Waals surface area contributed by atoms with E-state index in [-0.39, 0.29) is 17.1 Å². The summed E-state index contributed by atoms with van der Waals surface area (Å²) in [6.45, 7) is 2.18. The number of ether oxygens (including phenoxy) is 1. The average Bonchev–Trinajstić information content (AvgIpc) is 2.57. The fraction of sp³-hybridized carbons (Fsp3) is 0.111. The molecule has 7 heteroatoms. The number of phenols is 1. The SMILES string of the molecule is CCOc1cc(/C=C(\C#N)C(=O)Nc2cccc(I)c2)cc(Br)c1O. The molecule has 0 saturated carbocycles. The van der Waals surface area contributed by atoms with Crippen molar-refractivity contribution < 1.29 is 14.6 Å². The van der Waals surface area contributed by atoms with Gasteiger partial charge in [-0.25, -0.2) is 0 Å². The third-order valence-electron chi connectivity index (χ3n) is 3.11. The van der Waals surface area contributed by atoms with Gasteiger partial charge in [-0.3, -0.25) is 4.79 Å². The van der Waals surface area contributed by atoms with Crippen LogP contribution < -0.4 is 10.1 Å². The van der Waals surface area contributed by atoms with Crippen molar-refractivity contribution in [2.75, 3.05) is 11.9 Å². The van der Waals surface area contributed by atoms with Crippen LogP contribution in [0.25, 0.3) is 6.08 Å². The van der Waals surface area contributed by atoms with Crippen LogP contribution in [0.3, 0.4) is 0 Å². The molecular formula is C18H14BrIN2O3. The summed E-state index contributed by atoms with van der Waals surface area (Å²) in [5.41, 5.74) is 1.11. The number of benzene rings is 2. The minimum atomic E-state index is -0.508. The Morgan fingerprint density at radius 3 is 2.84 bits per heavy atom. The van der Waals surface area contributed by atoms with Crippen molar-refractivity contribution in [3.8, 4) is 17.6 Å². The Hall–Kier alpha value is -2.05. The second-order valence-electron chi connectivity index (χ2n) is 4.92. The number of nitrogens with zero attached hydrogens (tertiary/aromatic N) is 1. The molecule has 0 atom stereocenters. The highest BCUT2D eigenvalue weighted by atomic mass is 127. The molecule has 2 aromatic carbocycles. The molecule has 0 spiro atoms. The molecule has 0 fully saturated rings. The second kappa shape index (κ2) is 8.87. The van der Waals surface area contributed by atoms with Gasteiger partial charge in [0.05, 0.1) is 11.1 Å². The predicted molar refractivity (Wildman–Crippen MR) is 108 cm³/mol. The quantitative estimate of drug-likeness (QED) is 0.345. The van der Waals surface area contributed by atoms with Gasteiger partial charge in [0.25, 0.3) is 5.91 Å².